The van der Waals surface area contributed by atoms with E-state index in [1.165, 1.54) is 6.92 Å². The Hall–Kier alpha value is -2.82. The summed E-state index contributed by atoms with van der Waals surface area (Å²) in [5.41, 5.74) is 2.16. The molecule has 5 nitrogen and oxygen atoms in total. The normalized spacial score (nSPS) is 9.95. The van der Waals surface area contributed by atoms with E-state index in [2.05, 4.69) is 10.6 Å². The SMILES string of the molecule is CC(=O)Nc1ccc(NC(=O)Cc2ccc(O)cc2)cc1. The summed E-state index contributed by atoms with van der Waals surface area (Å²) in [6, 6.07) is 13.4. The van der Waals surface area contributed by atoms with E-state index in [9.17, 15) is 14.7 Å². The Kier molecular flexibility index (Phi) is 4.56. The lowest BCUT2D eigenvalue weighted by molar-refractivity contribution is -0.116. The fourth-order valence-corrected chi connectivity index (χ4v) is 1.84. The zero-order valence-corrected chi connectivity index (χ0v) is 11.6. The van der Waals surface area contributed by atoms with Crippen LogP contribution in [-0.4, -0.2) is 16.9 Å². The zero-order chi connectivity index (χ0) is 15.2. The van der Waals surface area contributed by atoms with Gasteiger partial charge in [0.1, 0.15) is 5.75 Å². The average Bonchev–Trinajstić information content (AvgIpc) is 2.43. The Morgan fingerprint density at radius 1 is 0.905 bits per heavy atom. The molecule has 0 saturated heterocycles. The van der Waals surface area contributed by atoms with Gasteiger partial charge in [0.25, 0.3) is 0 Å². The van der Waals surface area contributed by atoms with Crippen molar-refractivity contribution in [1.82, 2.24) is 0 Å². The first kappa shape index (κ1) is 14.6. The quantitative estimate of drug-likeness (QED) is 0.807. The summed E-state index contributed by atoms with van der Waals surface area (Å²) in [7, 11) is 0. The molecule has 0 aliphatic heterocycles. The first-order chi connectivity index (χ1) is 10.0. The van der Waals surface area contributed by atoms with E-state index >= 15 is 0 Å². The number of carbonyl (C=O) groups excluding carboxylic acids is 2. The van der Waals surface area contributed by atoms with Crippen LogP contribution in [0.2, 0.25) is 0 Å². The lowest BCUT2D eigenvalue weighted by Crippen LogP contribution is -2.14. The maximum atomic E-state index is 11.9. The monoisotopic (exact) mass is 284 g/mol. The number of phenolic OH excluding ortho intramolecular Hbond substituents is 1. The molecule has 0 radical (unpaired) electrons. The van der Waals surface area contributed by atoms with E-state index in [0.29, 0.717) is 11.4 Å². The predicted molar refractivity (Wildman–Crippen MR) is 81.2 cm³/mol. The molecule has 2 rings (SSSR count). The molecule has 0 aliphatic carbocycles. The van der Waals surface area contributed by atoms with Crippen molar-refractivity contribution in [3.05, 3.63) is 54.1 Å². The number of aromatic hydroxyl groups is 1. The van der Waals surface area contributed by atoms with E-state index in [1.807, 2.05) is 0 Å². The number of phenols is 1. The Morgan fingerprint density at radius 3 is 1.95 bits per heavy atom. The summed E-state index contributed by atoms with van der Waals surface area (Å²) in [6.07, 6.45) is 0.230. The van der Waals surface area contributed by atoms with Crippen molar-refractivity contribution < 1.29 is 14.7 Å². The smallest absolute Gasteiger partial charge is 0.228 e. The summed E-state index contributed by atoms with van der Waals surface area (Å²) in [6.45, 7) is 1.44. The fraction of sp³-hybridized carbons (Fsp3) is 0.125. The van der Waals surface area contributed by atoms with Gasteiger partial charge in [-0.25, -0.2) is 0 Å². The topological polar surface area (TPSA) is 78.4 Å². The molecule has 0 aliphatic rings. The first-order valence-electron chi connectivity index (χ1n) is 6.48. The summed E-state index contributed by atoms with van der Waals surface area (Å²) in [5.74, 6) is -0.111. The van der Waals surface area contributed by atoms with Crippen LogP contribution in [0.4, 0.5) is 11.4 Å². The van der Waals surface area contributed by atoms with Gasteiger partial charge in [0.15, 0.2) is 0 Å². The highest BCUT2D eigenvalue weighted by atomic mass is 16.3. The third-order valence-electron chi connectivity index (χ3n) is 2.79. The second-order valence-corrected chi connectivity index (χ2v) is 4.65. The van der Waals surface area contributed by atoms with Gasteiger partial charge in [-0.15, -0.1) is 0 Å². The summed E-state index contributed by atoms with van der Waals surface area (Å²) < 4.78 is 0. The van der Waals surface area contributed by atoms with Gasteiger partial charge in [-0.05, 0) is 42.0 Å². The molecular weight excluding hydrogens is 268 g/mol. The van der Waals surface area contributed by atoms with Crippen LogP contribution < -0.4 is 10.6 Å². The summed E-state index contributed by atoms with van der Waals surface area (Å²) >= 11 is 0. The van der Waals surface area contributed by atoms with Crippen molar-refractivity contribution in [3.63, 3.8) is 0 Å². The second-order valence-electron chi connectivity index (χ2n) is 4.65. The first-order valence-corrected chi connectivity index (χ1v) is 6.48. The van der Waals surface area contributed by atoms with Gasteiger partial charge in [-0.2, -0.15) is 0 Å². The van der Waals surface area contributed by atoms with Gasteiger partial charge >= 0.3 is 0 Å². The molecule has 5 heteroatoms. The number of nitrogens with one attached hydrogen (secondary N) is 2. The average molecular weight is 284 g/mol. The minimum Gasteiger partial charge on any atom is -0.508 e. The molecule has 0 spiro atoms. The largest absolute Gasteiger partial charge is 0.508 e. The minimum absolute atomic E-state index is 0.140. The molecule has 0 bridgehead atoms. The van der Waals surface area contributed by atoms with Gasteiger partial charge in [0, 0.05) is 18.3 Å². The number of amides is 2. The second kappa shape index (κ2) is 6.56. The molecule has 0 unspecified atom stereocenters. The van der Waals surface area contributed by atoms with E-state index in [0.717, 1.165) is 5.56 Å². The number of anilines is 2. The molecule has 3 N–H and O–H groups in total. The molecule has 21 heavy (non-hydrogen) atoms. The van der Waals surface area contributed by atoms with Crippen LogP contribution in [0, 0.1) is 0 Å². The molecule has 2 amide bonds. The van der Waals surface area contributed by atoms with Crippen molar-refractivity contribution >= 4 is 23.2 Å². The van der Waals surface area contributed by atoms with Crippen molar-refractivity contribution in [2.24, 2.45) is 0 Å². The van der Waals surface area contributed by atoms with Gasteiger partial charge in [0.05, 0.1) is 6.42 Å². The highest BCUT2D eigenvalue weighted by molar-refractivity contribution is 5.93. The standard InChI is InChI=1S/C16H16N2O3/c1-11(19)17-13-4-6-14(7-5-13)18-16(21)10-12-2-8-15(20)9-3-12/h2-9,20H,10H2,1H3,(H,17,19)(H,18,21). The maximum Gasteiger partial charge on any atom is 0.228 e. The predicted octanol–water partition coefficient (Wildman–Crippen LogP) is 2.53. The van der Waals surface area contributed by atoms with Crippen LogP contribution in [0.3, 0.4) is 0 Å². The van der Waals surface area contributed by atoms with Crippen molar-refractivity contribution in [2.45, 2.75) is 13.3 Å². The molecule has 108 valence electrons. The minimum atomic E-state index is -0.145. The van der Waals surface area contributed by atoms with Gasteiger partial charge in [-0.3, -0.25) is 9.59 Å². The van der Waals surface area contributed by atoms with Gasteiger partial charge < -0.3 is 15.7 Å². The summed E-state index contributed by atoms with van der Waals surface area (Å²) in [5, 5.41) is 14.6. The number of rotatable bonds is 4. The van der Waals surface area contributed by atoms with E-state index < -0.39 is 0 Å². The zero-order valence-electron chi connectivity index (χ0n) is 11.6. The van der Waals surface area contributed by atoms with Crippen molar-refractivity contribution in [1.29, 1.82) is 0 Å². The highest BCUT2D eigenvalue weighted by Gasteiger charge is 2.04. The molecule has 0 saturated carbocycles. The molecule has 0 aromatic heterocycles. The Labute approximate surface area is 122 Å². The molecule has 0 atom stereocenters. The Bertz CT molecular complexity index is 634. The van der Waals surface area contributed by atoms with Crippen LogP contribution in [0.1, 0.15) is 12.5 Å². The summed E-state index contributed by atoms with van der Waals surface area (Å²) in [4.78, 5) is 22.8. The van der Waals surface area contributed by atoms with Crippen LogP contribution in [0.15, 0.2) is 48.5 Å². The van der Waals surface area contributed by atoms with Crippen LogP contribution in [0.5, 0.6) is 5.75 Å². The van der Waals surface area contributed by atoms with Crippen molar-refractivity contribution in [2.75, 3.05) is 10.6 Å². The molecule has 2 aromatic rings. The molecular formula is C16H16N2O3. The van der Waals surface area contributed by atoms with Gasteiger partial charge in [-0.1, -0.05) is 12.1 Å². The van der Waals surface area contributed by atoms with E-state index in [1.54, 1.807) is 48.5 Å². The van der Waals surface area contributed by atoms with Crippen LogP contribution >= 0.6 is 0 Å². The molecule has 0 heterocycles. The van der Waals surface area contributed by atoms with E-state index in [-0.39, 0.29) is 24.0 Å². The number of hydrogen-bond donors (Lipinski definition) is 3. The lowest BCUT2D eigenvalue weighted by Gasteiger charge is -2.07. The molecule has 0 fully saturated rings. The lowest BCUT2D eigenvalue weighted by atomic mass is 10.1. The highest BCUT2D eigenvalue weighted by Crippen LogP contribution is 2.15. The Balaban J connectivity index is 1.93. The fourth-order valence-electron chi connectivity index (χ4n) is 1.84. The van der Waals surface area contributed by atoms with Crippen LogP contribution in [0.25, 0.3) is 0 Å². The Morgan fingerprint density at radius 2 is 1.43 bits per heavy atom. The third kappa shape index (κ3) is 4.65. The number of hydrogen-bond acceptors (Lipinski definition) is 3. The molecule has 2 aromatic carbocycles. The third-order valence-corrected chi connectivity index (χ3v) is 2.79. The number of carbonyl (C=O) groups is 2. The van der Waals surface area contributed by atoms with Crippen LogP contribution in [-0.2, 0) is 16.0 Å². The van der Waals surface area contributed by atoms with Crippen molar-refractivity contribution in [3.8, 4) is 5.75 Å². The van der Waals surface area contributed by atoms with E-state index in [4.69, 9.17) is 0 Å². The number of benzene rings is 2. The van der Waals surface area contributed by atoms with Gasteiger partial charge in [0.2, 0.25) is 11.8 Å². The maximum absolute atomic E-state index is 11.9.